The molecule has 0 saturated carbocycles. The summed E-state index contributed by atoms with van der Waals surface area (Å²) in [5.74, 6) is 6.02. The Morgan fingerprint density at radius 2 is 0.646 bits per heavy atom. The summed E-state index contributed by atoms with van der Waals surface area (Å²) in [5.41, 5.74) is 5.35. The standard InChI is InChI=1S/C38H46O10/c1-39-27-17-15-23(31(21-27)41-3)11-13-25-19-29(35(45-7)37(47-9)33(25)43-5)30-20-26(34(44-6)38(48-10)36(30)46-8)14-12-24-16-18-28(40-2)22-32(24)42-4/h15-22H,11-14H2,1-10H3. The molecule has 0 fully saturated rings. The van der Waals surface area contributed by atoms with E-state index in [0.29, 0.717) is 60.2 Å². The third-order valence-electron chi connectivity index (χ3n) is 8.37. The van der Waals surface area contributed by atoms with E-state index in [1.807, 2.05) is 36.4 Å². The first-order valence-corrected chi connectivity index (χ1v) is 15.4. The van der Waals surface area contributed by atoms with Gasteiger partial charge in [-0.05, 0) is 72.2 Å². The van der Waals surface area contributed by atoms with E-state index in [1.165, 1.54) is 0 Å². The van der Waals surface area contributed by atoms with Crippen molar-refractivity contribution in [3.05, 3.63) is 70.8 Å². The zero-order valence-electron chi connectivity index (χ0n) is 29.5. The quantitative estimate of drug-likeness (QED) is 0.118. The molecule has 0 bridgehead atoms. The molecule has 0 atom stereocenters. The summed E-state index contributed by atoms with van der Waals surface area (Å²) in [6.07, 6.45) is 2.55. The number of rotatable bonds is 17. The van der Waals surface area contributed by atoms with E-state index in [2.05, 4.69) is 12.1 Å². The Morgan fingerprint density at radius 1 is 0.312 bits per heavy atom. The van der Waals surface area contributed by atoms with Gasteiger partial charge in [-0.2, -0.15) is 0 Å². The van der Waals surface area contributed by atoms with Gasteiger partial charge in [0.25, 0.3) is 0 Å². The predicted octanol–water partition coefficient (Wildman–Crippen LogP) is 7.01. The highest BCUT2D eigenvalue weighted by Crippen LogP contribution is 2.53. The van der Waals surface area contributed by atoms with Crippen molar-refractivity contribution in [2.45, 2.75) is 25.7 Å². The van der Waals surface area contributed by atoms with Crippen molar-refractivity contribution in [2.24, 2.45) is 0 Å². The van der Waals surface area contributed by atoms with Crippen LogP contribution in [0.5, 0.6) is 57.5 Å². The van der Waals surface area contributed by atoms with Gasteiger partial charge >= 0.3 is 0 Å². The topological polar surface area (TPSA) is 92.3 Å². The zero-order chi connectivity index (χ0) is 34.8. The molecule has 10 heteroatoms. The van der Waals surface area contributed by atoms with Crippen molar-refractivity contribution in [1.29, 1.82) is 0 Å². The Balaban J connectivity index is 1.88. The first kappa shape index (κ1) is 35.7. The normalized spacial score (nSPS) is 10.6. The van der Waals surface area contributed by atoms with E-state index in [0.717, 1.165) is 56.4 Å². The minimum atomic E-state index is 0.468. The summed E-state index contributed by atoms with van der Waals surface area (Å²) in [5, 5.41) is 0. The zero-order valence-corrected chi connectivity index (χ0v) is 29.5. The summed E-state index contributed by atoms with van der Waals surface area (Å²) in [6, 6.07) is 15.7. The third-order valence-corrected chi connectivity index (χ3v) is 8.37. The van der Waals surface area contributed by atoms with Crippen molar-refractivity contribution in [3.8, 4) is 68.6 Å². The van der Waals surface area contributed by atoms with Crippen molar-refractivity contribution in [3.63, 3.8) is 0 Å². The van der Waals surface area contributed by atoms with Gasteiger partial charge < -0.3 is 47.4 Å². The lowest BCUT2D eigenvalue weighted by Gasteiger charge is -2.23. The van der Waals surface area contributed by atoms with Crippen LogP contribution in [0.1, 0.15) is 22.3 Å². The minimum Gasteiger partial charge on any atom is -0.497 e. The van der Waals surface area contributed by atoms with Gasteiger partial charge in [-0.25, -0.2) is 0 Å². The van der Waals surface area contributed by atoms with Crippen LogP contribution in [0.15, 0.2) is 48.5 Å². The van der Waals surface area contributed by atoms with Gasteiger partial charge in [0.1, 0.15) is 23.0 Å². The smallest absolute Gasteiger partial charge is 0.204 e. The number of benzene rings is 4. The molecule has 0 radical (unpaired) electrons. The molecular formula is C38H46O10. The SMILES string of the molecule is COc1ccc(CCc2cc(-c3cc(CCc4ccc(OC)cc4OC)c(OC)c(OC)c3OC)c(OC)c(OC)c2OC)c(OC)c1. The number of hydrogen-bond acceptors (Lipinski definition) is 10. The maximum absolute atomic E-state index is 6.00. The Morgan fingerprint density at radius 3 is 0.938 bits per heavy atom. The Labute approximate surface area is 283 Å². The van der Waals surface area contributed by atoms with Crippen LogP contribution in [0, 0.1) is 0 Å². The van der Waals surface area contributed by atoms with E-state index in [9.17, 15) is 0 Å². The molecule has 0 N–H and O–H groups in total. The average molecular weight is 663 g/mol. The van der Waals surface area contributed by atoms with Gasteiger partial charge in [-0.15, -0.1) is 0 Å². The third kappa shape index (κ3) is 7.22. The van der Waals surface area contributed by atoms with Crippen LogP contribution in [-0.4, -0.2) is 71.1 Å². The van der Waals surface area contributed by atoms with Gasteiger partial charge in [0.05, 0.1) is 71.1 Å². The first-order chi connectivity index (χ1) is 23.4. The van der Waals surface area contributed by atoms with Crippen LogP contribution >= 0.6 is 0 Å². The van der Waals surface area contributed by atoms with E-state index >= 15 is 0 Å². The maximum atomic E-state index is 6.00. The summed E-state index contributed by atoms with van der Waals surface area (Å²) in [7, 11) is 16.2. The molecule has 4 aromatic rings. The van der Waals surface area contributed by atoms with E-state index < -0.39 is 0 Å². The molecular weight excluding hydrogens is 616 g/mol. The Hall–Kier alpha value is -5.12. The van der Waals surface area contributed by atoms with Crippen LogP contribution in [0.4, 0.5) is 0 Å². The molecule has 0 heterocycles. The van der Waals surface area contributed by atoms with Crippen LogP contribution < -0.4 is 47.4 Å². The fourth-order valence-corrected chi connectivity index (χ4v) is 6.00. The molecule has 0 aliphatic carbocycles. The van der Waals surface area contributed by atoms with Gasteiger partial charge in [-0.1, -0.05) is 12.1 Å². The molecule has 0 aliphatic rings. The molecule has 0 aliphatic heterocycles. The van der Waals surface area contributed by atoms with Gasteiger partial charge in [0.15, 0.2) is 23.0 Å². The maximum Gasteiger partial charge on any atom is 0.204 e. The lowest BCUT2D eigenvalue weighted by atomic mass is 9.92. The molecule has 0 aromatic heterocycles. The average Bonchev–Trinajstić information content (AvgIpc) is 3.14. The van der Waals surface area contributed by atoms with Gasteiger partial charge in [0.2, 0.25) is 11.5 Å². The lowest BCUT2D eigenvalue weighted by molar-refractivity contribution is 0.320. The van der Waals surface area contributed by atoms with Crippen molar-refractivity contribution < 1.29 is 47.4 Å². The number of ether oxygens (including phenoxy) is 10. The van der Waals surface area contributed by atoms with Gasteiger partial charge in [0, 0.05) is 23.3 Å². The second kappa shape index (κ2) is 16.6. The van der Waals surface area contributed by atoms with E-state index in [1.54, 1.807) is 71.1 Å². The highest BCUT2D eigenvalue weighted by molar-refractivity contribution is 5.85. The van der Waals surface area contributed by atoms with E-state index in [4.69, 9.17) is 47.4 Å². The fraction of sp³-hybridized carbons (Fsp3) is 0.368. The minimum absolute atomic E-state index is 0.468. The number of hydrogen-bond donors (Lipinski definition) is 0. The van der Waals surface area contributed by atoms with Gasteiger partial charge in [-0.3, -0.25) is 0 Å². The summed E-state index contributed by atoms with van der Waals surface area (Å²) in [6.45, 7) is 0. The van der Waals surface area contributed by atoms with E-state index in [-0.39, 0.29) is 0 Å². The monoisotopic (exact) mass is 662 g/mol. The number of aryl methyl sites for hydroxylation is 4. The summed E-state index contributed by atoms with van der Waals surface area (Å²) in [4.78, 5) is 0. The van der Waals surface area contributed by atoms with Crippen LogP contribution in [0.2, 0.25) is 0 Å². The lowest BCUT2D eigenvalue weighted by Crippen LogP contribution is -2.06. The molecule has 0 amide bonds. The highest BCUT2D eigenvalue weighted by Gasteiger charge is 2.28. The molecule has 0 saturated heterocycles. The first-order valence-electron chi connectivity index (χ1n) is 15.4. The molecule has 4 rings (SSSR count). The summed E-state index contributed by atoms with van der Waals surface area (Å²) >= 11 is 0. The highest BCUT2D eigenvalue weighted by atomic mass is 16.5. The van der Waals surface area contributed by atoms with Crippen LogP contribution in [0.3, 0.4) is 0 Å². The Kier molecular flexibility index (Phi) is 12.4. The van der Waals surface area contributed by atoms with Crippen molar-refractivity contribution in [2.75, 3.05) is 71.1 Å². The number of methoxy groups -OCH3 is 10. The Bertz CT molecular complexity index is 1570. The molecule has 4 aromatic carbocycles. The molecule has 258 valence electrons. The van der Waals surface area contributed by atoms with Crippen molar-refractivity contribution in [1.82, 2.24) is 0 Å². The second-order valence-corrected chi connectivity index (χ2v) is 10.7. The predicted molar refractivity (Wildman–Crippen MR) is 185 cm³/mol. The molecule has 10 nitrogen and oxygen atoms in total. The molecule has 48 heavy (non-hydrogen) atoms. The molecule has 0 unspecified atom stereocenters. The van der Waals surface area contributed by atoms with Crippen LogP contribution in [0.25, 0.3) is 11.1 Å². The molecule has 0 spiro atoms. The van der Waals surface area contributed by atoms with Crippen LogP contribution in [-0.2, 0) is 25.7 Å². The van der Waals surface area contributed by atoms with Crippen molar-refractivity contribution >= 4 is 0 Å². The summed E-state index contributed by atoms with van der Waals surface area (Å²) < 4.78 is 57.8. The largest absolute Gasteiger partial charge is 0.497 e. The second-order valence-electron chi connectivity index (χ2n) is 10.7. The fourth-order valence-electron chi connectivity index (χ4n) is 6.00.